The SMILES string of the molecule is C=CC(=O)Nc1cc(/C=C/C2CCC(C(C)(F)F)CC2)c(OC)nc1C(N)=O.C=CC(=O)Nc1cc(/C=C/C2CCC(C)(F)CC2)c(C#N)cn1.C=CC(=O)Nc1cc(/C=C/C2CCC(C)(F)CC2)c2c(c1)CCO2.C=CC(=O)Nc1cc2c(c(-c3ccc(C(C)C)cc3)c1)OCC2.C=CC(=O)Nc1cc2c(c(COC3CCC(C(C)(F)F)CC3)c1)OCC2.C=CC(=O)Nc1ncc(OC)c(/C=C/C2CCC(C)(F)CC2)n1. The summed E-state index contributed by atoms with van der Waals surface area (Å²) in [5, 5.41) is 25.2. The number of methoxy groups -OCH3 is 2. The summed E-state index contributed by atoms with van der Waals surface area (Å²) in [7, 11) is 2.94. The number of hydrogen-bond acceptors (Lipinski definition) is 18. The molecule has 5 fully saturated rings. The molecule has 15 rings (SSSR count). The summed E-state index contributed by atoms with van der Waals surface area (Å²) in [6.07, 6.45) is 41.2. The first-order chi connectivity index (χ1) is 69.9. The van der Waals surface area contributed by atoms with E-state index < -0.39 is 52.5 Å². The maximum atomic E-state index is 13.9. The minimum atomic E-state index is -2.65. The van der Waals surface area contributed by atoms with Gasteiger partial charge in [0.25, 0.3) is 5.91 Å². The number of carbonyl (C=O) groups excluding carboxylic acids is 7. The van der Waals surface area contributed by atoms with Gasteiger partial charge in [-0.05, 0) is 306 Å². The quantitative estimate of drug-likeness (QED) is 0.0162. The van der Waals surface area contributed by atoms with Crippen LogP contribution in [-0.2, 0) is 59.4 Å². The van der Waals surface area contributed by atoms with Crippen LogP contribution in [0.15, 0.2) is 185 Å². The Labute approximate surface area is 857 Å². The molecule has 0 unspecified atom stereocenters. The standard InChI is InChI=1S/C20H25F2N3O3.C20H25F2NO3.C20H24FNO2.C20H21NO2.C18H20FN3O.C17H22FN3O2/c1-4-16(26)24-15-11-13(19(28-3)25-17(15)18(23)27)8-5-12-6-9-14(10-7-12)20(2,21)22;1-3-18(24)23-16-10-13-8-9-25-19(13)14(11-16)12-26-17-6-4-15(5-7-17)20(2,21)22;1-3-18(23)22-17-12-15(19-16(13-17)8-11-24-19)5-4-14-6-9-20(2,21)10-7-14;1-4-19(22)21-17-11-16-9-10-23-20(16)18(12-17)15-7-5-14(6-8-15)13(2)3;1-3-17(23)22-16-10-14(15(11-20)12-21-16)5-4-13-6-8-18(2,19)9-7-13;1-4-15(22)21-16-19-11-14(23-3)13(20-16)6-5-12-7-9-17(2,18)10-8-12/h4-5,8,11-12,14H,1,6-7,9-10H2,2-3H3,(H2,23,27)(H,24,26);3,10-11,15,17H,1,4-9,12H2,2H3,(H,23,24);3-5,12-14H,1,6-11H2,2H3,(H,22,23);4-8,11-13H,1,9-10H2,2-3H3,(H,21,22);3-5,10,12-13H,1,6-9H2,2H3,(H,21,22,23);4-6,11-12H,1,7-10H2,2-3H3,(H,19,20,21,22)/b8-5+;;5-4+;;5-4+;6-5+. The van der Waals surface area contributed by atoms with E-state index in [2.05, 4.69) is 148 Å². The first-order valence-electron chi connectivity index (χ1n) is 49.9. The Balaban J connectivity index is 0.000000181. The number of nitrogens with one attached hydrogen (secondary N) is 6. The van der Waals surface area contributed by atoms with Crippen molar-refractivity contribution in [2.75, 3.05) is 65.9 Å². The number of hydrogen-bond donors (Lipinski definition) is 7. The first-order valence-corrected chi connectivity index (χ1v) is 49.9. The number of nitrogens with zero attached hydrogens (tertiary/aromatic N) is 5. The van der Waals surface area contributed by atoms with Crippen LogP contribution in [0.5, 0.6) is 28.9 Å². The molecule has 0 radical (unpaired) electrons. The zero-order valence-corrected chi connectivity index (χ0v) is 85.4. The third-order valence-corrected chi connectivity index (χ3v) is 27.2. The lowest BCUT2D eigenvalue weighted by Gasteiger charge is -2.32. The highest BCUT2D eigenvalue weighted by atomic mass is 19.3. The maximum absolute atomic E-state index is 13.9. The number of allylic oxidation sites excluding steroid dienone is 4. The van der Waals surface area contributed by atoms with Gasteiger partial charge < -0.3 is 60.7 Å². The Kier molecular flexibility index (Phi) is 42.1. The Hall–Kier alpha value is -14.1. The van der Waals surface area contributed by atoms with Crippen molar-refractivity contribution in [3.05, 3.63) is 247 Å². The number of fused-ring (bicyclic) bond motifs is 3. The molecule has 3 aromatic heterocycles. The minimum Gasteiger partial charge on any atom is -0.493 e. The number of carbonyl (C=O) groups is 7. The zero-order valence-electron chi connectivity index (χ0n) is 85.4. The van der Waals surface area contributed by atoms with Crippen LogP contribution < -0.4 is 61.3 Å². The van der Waals surface area contributed by atoms with Crippen LogP contribution in [0.2, 0.25) is 0 Å². The number of pyridine rings is 2. The monoisotopic (exact) mass is 2030 g/mol. The Morgan fingerprint density at radius 3 is 1.40 bits per heavy atom. The summed E-state index contributed by atoms with van der Waals surface area (Å²) in [6, 6.07) is 25.4. The molecule has 7 amide bonds. The normalized spacial score (nSPS) is 21.6. The van der Waals surface area contributed by atoms with E-state index >= 15 is 0 Å². The first kappa shape index (κ1) is 115. The zero-order chi connectivity index (χ0) is 107. The van der Waals surface area contributed by atoms with Crippen LogP contribution in [0.4, 0.5) is 65.2 Å². The van der Waals surface area contributed by atoms with E-state index in [1.165, 1.54) is 56.5 Å². The lowest BCUT2D eigenvalue weighted by molar-refractivity contribution is -0.112. The minimum absolute atomic E-state index is 0.0166. The molecular weight excluding hydrogens is 1890 g/mol. The highest BCUT2D eigenvalue weighted by Crippen LogP contribution is 2.46. The molecule has 5 aliphatic carbocycles. The molecule has 0 saturated heterocycles. The van der Waals surface area contributed by atoms with Gasteiger partial charge in [0, 0.05) is 87.7 Å². The molecule has 4 aromatic carbocycles. The Morgan fingerprint density at radius 2 is 0.925 bits per heavy atom. The topological polar surface area (TPSA) is 348 Å². The molecule has 7 aromatic rings. The molecule has 6 heterocycles. The van der Waals surface area contributed by atoms with E-state index in [1.807, 2.05) is 66.8 Å². The van der Waals surface area contributed by atoms with Crippen LogP contribution in [0.3, 0.4) is 0 Å². The van der Waals surface area contributed by atoms with Gasteiger partial charge in [0.2, 0.25) is 59.1 Å². The van der Waals surface area contributed by atoms with Gasteiger partial charge in [0.05, 0.1) is 64.2 Å². The van der Waals surface area contributed by atoms with Crippen LogP contribution in [-0.4, -0.2) is 130 Å². The predicted octanol–water partition coefficient (Wildman–Crippen LogP) is 25.0. The van der Waals surface area contributed by atoms with Crippen LogP contribution in [0.1, 0.15) is 249 Å². The highest BCUT2D eigenvalue weighted by molar-refractivity contribution is 6.06. The van der Waals surface area contributed by atoms with Crippen molar-refractivity contribution >= 4 is 100 Å². The van der Waals surface area contributed by atoms with E-state index in [4.69, 9.17) is 39.4 Å². The Morgan fingerprint density at radius 1 is 0.497 bits per heavy atom. The van der Waals surface area contributed by atoms with Gasteiger partial charge in [-0.25, -0.2) is 50.7 Å². The lowest BCUT2D eigenvalue weighted by atomic mass is 9.79. The maximum Gasteiger partial charge on any atom is 0.269 e. The van der Waals surface area contributed by atoms with Gasteiger partial charge >= 0.3 is 0 Å². The van der Waals surface area contributed by atoms with E-state index in [9.17, 15) is 64.3 Å². The molecule has 8 aliphatic rings. The second kappa shape index (κ2) is 53.8. The van der Waals surface area contributed by atoms with Gasteiger partial charge in [-0.3, -0.25) is 38.9 Å². The fourth-order valence-corrected chi connectivity index (χ4v) is 18.4. The lowest BCUT2D eigenvalue weighted by Crippen LogP contribution is -2.31. The smallest absolute Gasteiger partial charge is 0.269 e. The molecule has 0 atom stereocenters. The van der Waals surface area contributed by atoms with Crippen molar-refractivity contribution < 1.29 is 92.7 Å². The third-order valence-electron chi connectivity index (χ3n) is 27.2. The summed E-state index contributed by atoms with van der Waals surface area (Å²) in [5.41, 5.74) is 15.3. The number of benzene rings is 4. The molecule has 32 heteroatoms. The molecule has 0 spiro atoms. The number of primary amides is 1. The van der Waals surface area contributed by atoms with Crippen LogP contribution >= 0.6 is 0 Å². The van der Waals surface area contributed by atoms with E-state index in [-0.39, 0.29) is 64.8 Å². The molecule has 25 nitrogen and oxygen atoms in total. The summed E-state index contributed by atoms with van der Waals surface area (Å²) in [5.74, 6) is -3.55. The number of halogens is 7. The van der Waals surface area contributed by atoms with Crippen molar-refractivity contribution in [2.45, 2.75) is 244 Å². The Bertz CT molecular complexity index is 6010. The van der Waals surface area contributed by atoms with Crippen LogP contribution in [0.25, 0.3) is 35.4 Å². The van der Waals surface area contributed by atoms with Gasteiger partial charge in [-0.1, -0.05) is 120 Å². The second-order valence-corrected chi connectivity index (χ2v) is 39.2. The highest BCUT2D eigenvalue weighted by Gasteiger charge is 2.40. The average Bonchev–Trinajstić information content (AvgIpc) is 1.70. The number of anilines is 6. The molecule has 0 bridgehead atoms. The van der Waals surface area contributed by atoms with Crippen molar-refractivity contribution in [3.63, 3.8) is 0 Å². The van der Waals surface area contributed by atoms with E-state index in [0.717, 1.165) is 157 Å². The van der Waals surface area contributed by atoms with Crippen molar-refractivity contribution in [1.29, 1.82) is 5.26 Å². The largest absolute Gasteiger partial charge is 0.493 e. The second-order valence-electron chi connectivity index (χ2n) is 39.2. The van der Waals surface area contributed by atoms with E-state index in [1.54, 1.807) is 32.9 Å². The number of alkyl halides is 7. The number of aromatic nitrogens is 4. The molecule has 5 saturated carbocycles. The number of ether oxygens (including phenoxy) is 6. The molecule has 8 N–H and O–H groups in total. The number of amides is 7. The van der Waals surface area contributed by atoms with E-state index in [0.29, 0.717) is 180 Å². The molecule has 784 valence electrons. The third kappa shape index (κ3) is 35.4. The summed E-state index contributed by atoms with van der Waals surface area (Å²) in [6.45, 7) is 34.2. The predicted molar refractivity (Wildman–Crippen MR) is 564 cm³/mol. The number of nitriles is 1. The average molecular weight is 2030 g/mol. The number of rotatable bonds is 30. The van der Waals surface area contributed by atoms with Gasteiger partial charge in [-0.15, -0.1) is 0 Å². The van der Waals surface area contributed by atoms with Crippen molar-refractivity contribution in [1.82, 2.24) is 19.9 Å². The fraction of sp³-hybridized carbons (Fsp3) is 0.426. The summed E-state index contributed by atoms with van der Waals surface area (Å²) in [4.78, 5) is 97.0. The summed E-state index contributed by atoms with van der Waals surface area (Å²) >= 11 is 0. The van der Waals surface area contributed by atoms with Gasteiger partial charge in [0.1, 0.15) is 51.8 Å². The molecule has 147 heavy (non-hydrogen) atoms. The summed E-state index contributed by atoms with van der Waals surface area (Å²) < 4.78 is 129. The van der Waals surface area contributed by atoms with Gasteiger partial charge in [-0.2, -0.15) is 5.26 Å². The molecule has 3 aliphatic heterocycles. The van der Waals surface area contributed by atoms with Crippen molar-refractivity contribution in [2.24, 2.45) is 41.2 Å². The number of nitrogens with two attached hydrogens (primary N) is 1. The van der Waals surface area contributed by atoms with Crippen molar-refractivity contribution in [3.8, 4) is 46.1 Å². The fourth-order valence-electron chi connectivity index (χ4n) is 18.4. The van der Waals surface area contributed by atoms with Crippen LogP contribution in [0, 0.1) is 46.8 Å². The molecular formula is C115H137F7N12O13. The van der Waals surface area contributed by atoms with Gasteiger partial charge in [0.15, 0.2) is 11.4 Å².